The third kappa shape index (κ3) is 5.13. The average Bonchev–Trinajstić information content (AvgIpc) is 2.41. The van der Waals surface area contributed by atoms with Gasteiger partial charge in [-0.25, -0.2) is 0 Å². The van der Waals surface area contributed by atoms with Gasteiger partial charge in [-0.05, 0) is 52.0 Å². The average molecular weight is 306 g/mol. The van der Waals surface area contributed by atoms with Crippen LogP contribution in [0.2, 0.25) is 5.02 Å². The normalized spacial score (nSPS) is 11.7. The minimum atomic E-state index is -0.428. The van der Waals surface area contributed by atoms with E-state index in [1.807, 2.05) is 38.7 Å². The van der Waals surface area contributed by atoms with Crippen LogP contribution in [0.4, 0.5) is 5.69 Å². The van der Waals surface area contributed by atoms with Gasteiger partial charge in [0.25, 0.3) is 5.91 Å². The second-order valence-corrected chi connectivity index (χ2v) is 6.01. The van der Waals surface area contributed by atoms with Crippen molar-refractivity contribution in [1.29, 1.82) is 5.26 Å². The molecule has 0 unspecified atom stereocenters. The van der Waals surface area contributed by atoms with Crippen LogP contribution >= 0.6 is 11.6 Å². The summed E-state index contributed by atoms with van der Waals surface area (Å²) in [6, 6.07) is 8.70. The van der Waals surface area contributed by atoms with Gasteiger partial charge in [0.05, 0.1) is 0 Å². The smallest absolute Gasteiger partial charge is 0.267 e. The third-order valence-electron chi connectivity index (χ3n) is 2.95. The van der Waals surface area contributed by atoms with Gasteiger partial charge in [0.15, 0.2) is 0 Å². The maximum atomic E-state index is 12.1. The van der Waals surface area contributed by atoms with Gasteiger partial charge in [0, 0.05) is 29.0 Å². The van der Waals surface area contributed by atoms with Crippen LogP contribution in [-0.4, -0.2) is 22.9 Å². The van der Waals surface area contributed by atoms with Gasteiger partial charge in [-0.1, -0.05) is 11.6 Å². The van der Waals surface area contributed by atoms with Crippen LogP contribution in [0, 0.1) is 11.3 Å². The molecule has 0 aliphatic heterocycles. The van der Waals surface area contributed by atoms with Crippen molar-refractivity contribution < 1.29 is 4.79 Å². The lowest BCUT2D eigenvalue weighted by Crippen LogP contribution is -2.37. The molecule has 1 amide bonds. The third-order valence-corrected chi connectivity index (χ3v) is 3.21. The molecule has 1 aromatic carbocycles. The van der Waals surface area contributed by atoms with Crippen molar-refractivity contribution in [2.75, 3.05) is 11.9 Å². The molecule has 0 radical (unpaired) electrons. The Hall–Kier alpha value is -1.99. The molecule has 5 heteroatoms. The second kappa shape index (κ2) is 7.14. The monoisotopic (exact) mass is 305 g/mol. The summed E-state index contributed by atoms with van der Waals surface area (Å²) in [5, 5.41) is 12.5. The summed E-state index contributed by atoms with van der Waals surface area (Å²) in [6.07, 6.45) is 1.60. The van der Waals surface area contributed by atoms with Crippen LogP contribution < -0.4 is 5.32 Å². The van der Waals surface area contributed by atoms with E-state index in [0.29, 0.717) is 17.3 Å². The lowest BCUT2D eigenvalue weighted by atomic mass is 10.1. The first kappa shape index (κ1) is 17.1. The molecule has 0 spiro atoms. The molecular formula is C16H20ClN3O. The van der Waals surface area contributed by atoms with E-state index in [1.54, 1.807) is 30.5 Å². The minimum absolute atomic E-state index is 0.0710. The predicted octanol–water partition coefficient (Wildman–Crippen LogP) is 3.81. The number of nitriles is 1. The summed E-state index contributed by atoms with van der Waals surface area (Å²) in [5.41, 5.74) is 0.517. The van der Waals surface area contributed by atoms with Crippen molar-refractivity contribution in [3.8, 4) is 6.07 Å². The molecule has 4 nitrogen and oxygen atoms in total. The number of amides is 1. The molecule has 1 aromatic rings. The topological polar surface area (TPSA) is 56.1 Å². The van der Waals surface area contributed by atoms with Crippen LogP contribution in [0.25, 0.3) is 0 Å². The van der Waals surface area contributed by atoms with E-state index in [2.05, 4.69) is 5.32 Å². The highest BCUT2D eigenvalue weighted by atomic mass is 35.5. The molecule has 0 atom stereocenters. The first-order valence-electron chi connectivity index (χ1n) is 6.73. The molecule has 0 saturated heterocycles. The molecule has 1 rings (SSSR count). The van der Waals surface area contributed by atoms with E-state index in [-0.39, 0.29) is 11.1 Å². The molecule has 1 N–H and O–H groups in total. The van der Waals surface area contributed by atoms with Crippen LogP contribution in [0.5, 0.6) is 0 Å². The van der Waals surface area contributed by atoms with Gasteiger partial charge in [0.1, 0.15) is 11.6 Å². The fourth-order valence-corrected chi connectivity index (χ4v) is 1.91. The van der Waals surface area contributed by atoms with Gasteiger partial charge in [0.2, 0.25) is 0 Å². The van der Waals surface area contributed by atoms with Gasteiger partial charge in [-0.2, -0.15) is 5.26 Å². The van der Waals surface area contributed by atoms with Crippen molar-refractivity contribution in [2.24, 2.45) is 0 Å². The summed E-state index contributed by atoms with van der Waals surface area (Å²) in [4.78, 5) is 14.1. The first-order chi connectivity index (χ1) is 9.77. The summed E-state index contributed by atoms with van der Waals surface area (Å²) < 4.78 is 0. The molecule has 0 aromatic heterocycles. The highest BCUT2D eigenvalue weighted by molar-refractivity contribution is 6.30. The Bertz CT molecular complexity index is 565. The zero-order valence-corrected chi connectivity index (χ0v) is 13.5. The number of hydrogen-bond donors (Lipinski definition) is 1. The van der Waals surface area contributed by atoms with Crippen LogP contribution in [0.15, 0.2) is 36.0 Å². The zero-order valence-electron chi connectivity index (χ0n) is 12.8. The molecule has 112 valence electrons. The van der Waals surface area contributed by atoms with Gasteiger partial charge < -0.3 is 10.2 Å². The molecule has 0 saturated carbocycles. The lowest BCUT2D eigenvalue weighted by Gasteiger charge is -2.33. The predicted molar refractivity (Wildman–Crippen MR) is 85.9 cm³/mol. The van der Waals surface area contributed by atoms with Crippen molar-refractivity contribution in [3.05, 3.63) is 41.1 Å². The minimum Gasteiger partial charge on any atom is -0.372 e. The standard InChI is InChI=1S/C16H20ClN3O/c1-5-20(16(2,3)4)11-12(10-18)15(21)19-14-8-6-13(17)7-9-14/h6-9,11H,5H2,1-4H3,(H,19,21)/b12-11-. The number of carbonyl (C=O) groups excluding carboxylic acids is 1. The van der Waals surface area contributed by atoms with Crippen LogP contribution in [0.1, 0.15) is 27.7 Å². The largest absolute Gasteiger partial charge is 0.372 e. The quantitative estimate of drug-likeness (QED) is 0.680. The number of benzene rings is 1. The number of nitrogens with one attached hydrogen (secondary N) is 1. The summed E-state index contributed by atoms with van der Waals surface area (Å²) in [7, 11) is 0. The Morgan fingerprint density at radius 1 is 1.38 bits per heavy atom. The van der Waals surface area contributed by atoms with Gasteiger partial charge >= 0.3 is 0 Å². The van der Waals surface area contributed by atoms with E-state index in [0.717, 1.165) is 0 Å². The number of rotatable bonds is 4. The van der Waals surface area contributed by atoms with E-state index in [4.69, 9.17) is 11.6 Å². The fourth-order valence-electron chi connectivity index (χ4n) is 1.79. The zero-order chi connectivity index (χ0) is 16.0. The molecule has 0 bridgehead atoms. The number of nitrogens with zero attached hydrogens (tertiary/aromatic N) is 2. The van der Waals surface area contributed by atoms with E-state index in [9.17, 15) is 10.1 Å². The second-order valence-electron chi connectivity index (χ2n) is 5.57. The van der Waals surface area contributed by atoms with Crippen molar-refractivity contribution >= 4 is 23.2 Å². The fraction of sp³-hybridized carbons (Fsp3) is 0.375. The molecule has 0 aliphatic rings. The van der Waals surface area contributed by atoms with E-state index in [1.165, 1.54) is 0 Å². The summed E-state index contributed by atoms with van der Waals surface area (Å²) in [5.74, 6) is -0.428. The van der Waals surface area contributed by atoms with Crippen molar-refractivity contribution in [1.82, 2.24) is 4.90 Å². The van der Waals surface area contributed by atoms with Crippen molar-refractivity contribution in [3.63, 3.8) is 0 Å². The summed E-state index contributed by atoms with van der Waals surface area (Å²) in [6.45, 7) is 8.77. The Kier molecular flexibility index (Phi) is 5.80. The Morgan fingerprint density at radius 2 is 1.95 bits per heavy atom. The first-order valence-corrected chi connectivity index (χ1v) is 7.11. The Labute approximate surface area is 131 Å². The Morgan fingerprint density at radius 3 is 2.38 bits per heavy atom. The molecule has 0 fully saturated rings. The van der Waals surface area contributed by atoms with Gasteiger partial charge in [-0.3, -0.25) is 4.79 Å². The molecule has 0 aliphatic carbocycles. The number of halogens is 1. The number of hydrogen-bond acceptors (Lipinski definition) is 3. The van der Waals surface area contributed by atoms with Crippen molar-refractivity contribution in [2.45, 2.75) is 33.2 Å². The lowest BCUT2D eigenvalue weighted by molar-refractivity contribution is -0.112. The van der Waals surface area contributed by atoms with E-state index < -0.39 is 5.91 Å². The highest BCUT2D eigenvalue weighted by Crippen LogP contribution is 2.17. The van der Waals surface area contributed by atoms with Gasteiger partial charge in [-0.15, -0.1) is 0 Å². The molecular weight excluding hydrogens is 286 g/mol. The number of anilines is 1. The maximum absolute atomic E-state index is 12.1. The maximum Gasteiger partial charge on any atom is 0.267 e. The van der Waals surface area contributed by atoms with Crippen LogP contribution in [0.3, 0.4) is 0 Å². The SMILES string of the molecule is CCN(/C=C(/C#N)C(=O)Nc1ccc(Cl)cc1)C(C)(C)C. The van der Waals surface area contributed by atoms with Crippen LogP contribution in [-0.2, 0) is 4.79 Å². The molecule has 21 heavy (non-hydrogen) atoms. The Balaban J connectivity index is 2.91. The summed E-state index contributed by atoms with van der Waals surface area (Å²) >= 11 is 5.79. The highest BCUT2D eigenvalue weighted by Gasteiger charge is 2.19. The molecule has 0 heterocycles. The number of carbonyl (C=O) groups is 1. The van der Waals surface area contributed by atoms with E-state index >= 15 is 0 Å².